The van der Waals surface area contributed by atoms with Crippen LogP contribution >= 0.6 is 0 Å². The lowest BCUT2D eigenvalue weighted by Gasteiger charge is -2.16. The minimum atomic E-state index is -0.745. The van der Waals surface area contributed by atoms with Crippen molar-refractivity contribution in [3.8, 4) is 5.75 Å². The molecule has 1 atom stereocenters. The Morgan fingerprint density at radius 2 is 2.29 bits per heavy atom. The first kappa shape index (κ1) is 13.5. The van der Waals surface area contributed by atoms with Gasteiger partial charge in [0.15, 0.2) is 0 Å². The molecule has 0 heterocycles. The number of carbonyl (C=O) groups is 1. The molecule has 0 saturated heterocycles. The number of carboxylic acid groups (broad SMARTS) is 1. The van der Waals surface area contributed by atoms with Crippen LogP contribution in [-0.2, 0) is 4.79 Å². The Hall–Kier alpha value is -1.55. The van der Waals surface area contributed by atoms with Gasteiger partial charge >= 0.3 is 5.97 Å². The summed E-state index contributed by atoms with van der Waals surface area (Å²) in [5.41, 5.74) is 1.12. The van der Waals surface area contributed by atoms with Gasteiger partial charge in [0.1, 0.15) is 5.75 Å². The zero-order valence-electron chi connectivity index (χ0n) is 10.3. The molecular formula is C13H19NO3. The van der Waals surface area contributed by atoms with E-state index < -0.39 is 5.97 Å². The highest BCUT2D eigenvalue weighted by molar-refractivity contribution is 5.66. The second-order valence-corrected chi connectivity index (χ2v) is 3.90. The summed E-state index contributed by atoms with van der Waals surface area (Å²) < 4.78 is 5.17. The van der Waals surface area contributed by atoms with Gasteiger partial charge in [-0.3, -0.25) is 4.79 Å². The number of aliphatic carboxylic acids is 1. The van der Waals surface area contributed by atoms with Gasteiger partial charge in [-0.2, -0.15) is 0 Å². The van der Waals surface area contributed by atoms with Gasteiger partial charge in [0.2, 0.25) is 0 Å². The minimum absolute atomic E-state index is 0.171. The summed E-state index contributed by atoms with van der Waals surface area (Å²) >= 11 is 0. The number of methoxy groups -OCH3 is 1. The molecule has 0 aromatic heterocycles. The molecule has 0 radical (unpaired) electrons. The normalized spacial score (nSPS) is 12.1. The van der Waals surface area contributed by atoms with Gasteiger partial charge in [-0.15, -0.1) is 0 Å². The molecule has 0 aliphatic carbocycles. The van der Waals surface area contributed by atoms with E-state index in [1.54, 1.807) is 7.11 Å². The molecular weight excluding hydrogens is 218 g/mol. The minimum Gasteiger partial charge on any atom is -0.497 e. The standard InChI is InChI=1S/C13H19NO3/c1-14-12(7-4-8-13(15)16)10-5-3-6-11(9-10)17-2/h3,5-6,9,12,14H,4,7-8H2,1-2H3,(H,15,16). The highest BCUT2D eigenvalue weighted by atomic mass is 16.5. The predicted octanol–water partition coefficient (Wildman–Crippen LogP) is 2.21. The third-order valence-electron chi connectivity index (χ3n) is 2.73. The third kappa shape index (κ3) is 4.44. The number of rotatable bonds is 7. The molecule has 0 aliphatic heterocycles. The zero-order chi connectivity index (χ0) is 12.7. The van der Waals surface area contributed by atoms with Crippen LogP contribution in [0.2, 0.25) is 0 Å². The highest BCUT2D eigenvalue weighted by Gasteiger charge is 2.10. The van der Waals surface area contributed by atoms with Crippen LogP contribution < -0.4 is 10.1 Å². The van der Waals surface area contributed by atoms with E-state index in [2.05, 4.69) is 5.32 Å². The molecule has 0 aliphatic rings. The summed E-state index contributed by atoms with van der Waals surface area (Å²) in [6.45, 7) is 0. The van der Waals surface area contributed by atoms with Gasteiger partial charge < -0.3 is 15.2 Å². The average Bonchev–Trinajstić information content (AvgIpc) is 2.34. The van der Waals surface area contributed by atoms with Crippen molar-refractivity contribution in [2.75, 3.05) is 14.2 Å². The Kier molecular flexibility index (Phi) is 5.49. The molecule has 2 N–H and O–H groups in total. The maximum Gasteiger partial charge on any atom is 0.303 e. The molecule has 4 heteroatoms. The van der Waals surface area contributed by atoms with Crippen molar-refractivity contribution in [1.29, 1.82) is 0 Å². The van der Waals surface area contributed by atoms with E-state index >= 15 is 0 Å². The van der Waals surface area contributed by atoms with E-state index in [9.17, 15) is 4.79 Å². The third-order valence-corrected chi connectivity index (χ3v) is 2.73. The molecule has 0 spiro atoms. The molecule has 17 heavy (non-hydrogen) atoms. The van der Waals surface area contributed by atoms with Crippen LogP contribution in [0.3, 0.4) is 0 Å². The van der Waals surface area contributed by atoms with E-state index in [1.807, 2.05) is 31.3 Å². The summed E-state index contributed by atoms with van der Waals surface area (Å²) in [6, 6.07) is 8.00. The second kappa shape index (κ2) is 6.91. The van der Waals surface area contributed by atoms with Gasteiger partial charge in [0.25, 0.3) is 0 Å². The largest absolute Gasteiger partial charge is 0.497 e. The average molecular weight is 237 g/mol. The van der Waals surface area contributed by atoms with Gasteiger partial charge in [-0.05, 0) is 37.6 Å². The molecule has 1 aromatic rings. The maximum atomic E-state index is 10.5. The smallest absolute Gasteiger partial charge is 0.303 e. The van der Waals surface area contributed by atoms with Crippen LogP contribution in [0.15, 0.2) is 24.3 Å². The highest BCUT2D eigenvalue weighted by Crippen LogP contribution is 2.22. The van der Waals surface area contributed by atoms with Crippen LogP contribution in [0.4, 0.5) is 0 Å². The van der Waals surface area contributed by atoms with Crippen molar-refractivity contribution in [3.63, 3.8) is 0 Å². The number of hydrogen-bond donors (Lipinski definition) is 2. The van der Waals surface area contributed by atoms with Crippen molar-refractivity contribution in [2.45, 2.75) is 25.3 Å². The van der Waals surface area contributed by atoms with E-state index in [1.165, 1.54) is 0 Å². The molecule has 0 saturated carbocycles. The Labute approximate surface area is 102 Å². The van der Waals surface area contributed by atoms with E-state index in [4.69, 9.17) is 9.84 Å². The second-order valence-electron chi connectivity index (χ2n) is 3.90. The predicted molar refractivity (Wildman–Crippen MR) is 66.3 cm³/mol. The first-order valence-electron chi connectivity index (χ1n) is 5.70. The Balaban J connectivity index is 2.62. The van der Waals surface area contributed by atoms with Crippen LogP contribution in [-0.4, -0.2) is 25.2 Å². The fraction of sp³-hybridized carbons (Fsp3) is 0.462. The van der Waals surface area contributed by atoms with Crippen molar-refractivity contribution in [3.05, 3.63) is 29.8 Å². The summed E-state index contributed by atoms with van der Waals surface area (Å²) in [5.74, 6) is 0.0754. The Morgan fingerprint density at radius 3 is 2.88 bits per heavy atom. The lowest BCUT2D eigenvalue weighted by Crippen LogP contribution is -2.16. The number of ether oxygens (including phenoxy) is 1. The fourth-order valence-corrected chi connectivity index (χ4v) is 1.79. The molecule has 1 aromatic carbocycles. The summed E-state index contributed by atoms with van der Waals surface area (Å²) in [5, 5.41) is 11.8. The lowest BCUT2D eigenvalue weighted by atomic mass is 10.0. The fourth-order valence-electron chi connectivity index (χ4n) is 1.79. The van der Waals surface area contributed by atoms with Crippen LogP contribution in [0.25, 0.3) is 0 Å². The number of nitrogens with one attached hydrogen (secondary N) is 1. The molecule has 94 valence electrons. The van der Waals surface area contributed by atoms with Gasteiger partial charge in [0.05, 0.1) is 7.11 Å². The summed E-state index contributed by atoms with van der Waals surface area (Å²) in [7, 11) is 3.52. The van der Waals surface area contributed by atoms with Gasteiger partial charge in [-0.1, -0.05) is 12.1 Å². The molecule has 0 bridgehead atoms. The van der Waals surface area contributed by atoms with E-state index in [-0.39, 0.29) is 12.5 Å². The van der Waals surface area contributed by atoms with Crippen molar-refractivity contribution in [1.82, 2.24) is 5.32 Å². The van der Waals surface area contributed by atoms with E-state index in [0.717, 1.165) is 17.7 Å². The molecule has 0 fully saturated rings. The number of benzene rings is 1. The monoisotopic (exact) mass is 237 g/mol. The number of carboxylic acids is 1. The number of hydrogen-bond acceptors (Lipinski definition) is 3. The van der Waals surface area contributed by atoms with Gasteiger partial charge in [-0.25, -0.2) is 0 Å². The van der Waals surface area contributed by atoms with Crippen molar-refractivity contribution < 1.29 is 14.6 Å². The first-order chi connectivity index (χ1) is 8.17. The van der Waals surface area contributed by atoms with Gasteiger partial charge in [0, 0.05) is 12.5 Å². The van der Waals surface area contributed by atoms with Crippen LogP contribution in [0, 0.1) is 0 Å². The molecule has 0 amide bonds. The molecule has 4 nitrogen and oxygen atoms in total. The van der Waals surface area contributed by atoms with E-state index in [0.29, 0.717) is 6.42 Å². The van der Waals surface area contributed by atoms with Crippen molar-refractivity contribution >= 4 is 5.97 Å². The van der Waals surface area contributed by atoms with Crippen molar-refractivity contribution in [2.24, 2.45) is 0 Å². The molecule has 1 rings (SSSR count). The summed E-state index contributed by atoms with van der Waals surface area (Å²) in [4.78, 5) is 10.5. The van der Waals surface area contributed by atoms with Crippen LogP contribution in [0.1, 0.15) is 30.9 Å². The Morgan fingerprint density at radius 1 is 1.53 bits per heavy atom. The molecule has 1 unspecified atom stereocenters. The lowest BCUT2D eigenvalue weighted by molar-refractivity contribution is -0.137. The van der Waals surface area contributed by atoms with Crippen LogP contribution in [0.5, 0.6) is 5.75 Å². The zero-order valence-corrected chi connectivity index (χ0v) is 10.3. The Bertz CT molecular complexity index is 365. The SMILES string of the molecule is CNC(CCCC(=O)O)c1cccc(OC)c1. The first-order valence-corrected chi connectivity index (χ1v) is 5.70. The maximum absolute atomic E-state index is 10.5. The topological polar surface area (TPSA) is 58.6 Å². The summed E-state index contributed by atoms with van der Waals surface area (Å²) in [6.07, 6.45) is 1.68. The quantitative estimate of drug-likeness (QED) is 0.763.